The van der Waals surface area contributed by atoms with Crippen LogP contribution in [0.1, 0.15) is 17.6 Å². The van der Waals surface area contributed by atoms with Crippen molar-refractivity contribution in [2.24, 2.45) is 0 Å². The van der Waals surface area contributed by atoms with Gasteiger partial charge in [0.1, 0.15) is 0 Å². The predicted octanol–water partition coefficient (Wildman–Crippen LogP) is 5.00. The lowest BCUT2D eigenvalue weighted by Crippen LogP contribution is -1.99. The van der Waals surface area contributed by atoms with Gasteiger partial charge >= 0.3 is 0 Å². The topological polar surface area (TPSA) is 12.0 Å². The lowest BCUT2D eigenvalue weighted by Gasteiger charge is -2.08. The van der Waals surface area contributed by atoms with E-state index in [0.717, 1.165) is 15.7 Å². The molecule has 0 aliphatic carbocycles. The summed E-state index contributed by atoms with van der Waals surface area (Å²) in [5.41, 5.74) is 1.86. The number of hydrogen-bond acceptors (Lipinski definition) is 1. The summed E-state index contributed by atoms with van der Waals surface area (Å²) in [5, 5.41) is 3.19. The van der Waals surface area contributed by atoms with E-state index in [0.29, 0.717) is 6.54 Å². The summed E-state index contributed by atoms with van der Waals surface area (Å²) in [5.74, 6) is 0. The van der Waals surface area contributed by atoms with Crippen LogP contribution < -0.4 is 5.32 Å². The molecule has 0 aliphatic heterocycles. The Hall–Kier alpha value is -1.42. The van der Waals surface area contributed by atoms with Crippen molar-refractivity contribution in [1.82, 2.24) is 0 Å². The maximum atomic E-state index is 12.5. The summed E-state index contributed by atoms with van der Waals surface area (Å²) in [7, 11) is 0. The Morgan fingerprint density at radius 3 is 2.44 bits per heavy atom. The van der Waals surface area contributed by atoms with Crippen molar-refractivity contribution < 1.29 is 8.78 Å². The van der Waals surface area contributed by atoms with Crippen LogP contribution in [0.2, 0.25) is 0 Å². The number of benzene rings is 2. The molecule has 0 amide bonds. The number of nitrogens with one attached hydrogen (secondary N) is 1. The molecule has 1 N–H and O–H groups in total. The molecule has 0 atom stereocenters. The van der Waals surface area contributed by atoms with Gasteiger partial charge in [-0.15, -0.1) is 0 Å². The van der Waals surface area contributed by atoms with Gasteiger partial charge in [-0.2, -0.15) is 0 Å². The maximum Gasteiger partial charge on any atom is 0.263 e. The fourth-order valence-corrected chi connectivity index (χ4v) is 1.88. The van der Waals surface area contributed by atoms with Gasteiger partial charge in [0.2, 0.25) is 0 Å². The zero-order valence-electron chi connectivity index (χ0n) is 9.54. The second kappa shape index (κ2) is 5.96. The van der Waals surface area contributed by atoms with Gasteiger partial charge in [-0.05, 0) is 35.9 Å². The summed E-state index contributed by atoms with van der Waals surface area (Å²) < 4.78 is 26.1. The van der Waals surface area contributed by atoms with E-state index in [9.17, 15) is 8.78 Å². The summed E-state index contributed by atoms with van der Waals surface area (Å²) in [6, 6.07) is 14.2. The first kappa shape index (κ1) is 13.0. The molecular formula is C14H12BrF2N. The average molecular weight is 312 g/mol. The predicted molar refractivity (Wildman–Crippen MR) is 72.9 cm³/mol. The zero-order chi connectivity index (χ0) is 13.0. The van der Waals surface area contributed by atoms with Gasteiger partial charge in [-0.25, -0.2) is 8.78 Å². The second-order valence-corrected chi connectivity index (χ2v) is 4.82. The normalized spacial score (nSPS) is 10.7. The van der Waals surface area contributed by atoms with E-state index >= 15 is 0 Å². The summed E-state index contributed by atoms with van der Waals surface area (Å²) in [6.45, 7) is 0.530. The van der Waals surface area contributed by atoms with Crippen molar-refractivity contribution in [2.45, 2.75) is 13.0 Å². The highest BCUT2D eigenvalue weighted by atomic mass is 79.9. The Balaban J connectivity index is 2.01. The van der Waals surface area contributed by atoms with Crippen molar-refractivity contribution in [1.29, 1.82) is 0 Å². The van der Waals surface area contributed by atoms with E-state index in [-0.39, 0.29) is 5.56 Å². The molecule has 2 aromatic carbocycles. The minimum atomic E-state index is -2.42. The number of alkyl halides is 2. The Morgan fingerprint density at radius 2 is 1.78 bits per heavy atom. The lowest BCUT2D eigenvalue weighted by atomic mass is 10.1. The number of halogens is 3. The van der Waals surface area contributed by atoms with Crippen LogP contribution >= 0.6 is 15.9 Å². The molecule has 0 unspecified atom stereocenters. The van der Waals surface area contributed by atoms with Gasteiger partial charge < -0.3 is 5.32 Å². The van der Waals surface area contributed by atoms with Crippen molar-refractivity contribution >= 4 is 21.6 Å². The molecule has 0 radical (unpaired) electrons. The first-order valence-electron chi connectivity index (χ1n) is 5.51. The fraction of sp³-hybridized carbons (Fsp3) is 0.143. The SMILES string of the molecule is FC(F)c1cccc(CNc2ccc(Br)cc2)c1. The van der Waals surface area contributed by atoms with Crippen LogP contribution in [-0.4, -0.2) is 0 Å². The van der Waals surface area contributed by atoms with Crippen LogP contribution in [-0.2, 0) is 6.54 Å². The molecular weight excluding hydrogens is 300 g/mol. The third-order valence-electron chi connectivity index (χ3n) is 2.54. The summed E-state index contributed by atoms with van der Waals surface area (Å²) in [6.07, 6.45) is -2.42. The van der Waals surface area contributed by atoms with Crippen LogP contribution in [0.5, 0.6) is 0 Å². The minimum absolute atomic E-state index is 0.0603. The molecule has 0 aromatic heterocycles. The standard InChI is InChI=1S/C14H12BrF2N/c15-12-4-6-13(7-5-12)18-9-10-2-1-3-11(8-10)14(16)17/h1-8,14,18H,9H2. The molecule has 4 heteroatoms. The maximum absolute atomic E-state index is 12.5. The van der Waals surface area contributed by atoms with Crippen LogP contribution in [0.3, 0.4) is 0 Å². The fourth-order valence-electron chi connectivity index (χ4n) is 1.61. The molecule has 0 saturated carbocycles. The van der Waals surface area contributed by atoms with Gasteiger partial charge in [0.25, 0.3) is 6.43 Å². The molecule has 0 aliphatic rings. The van der Waals surface area contributed by atoms with Gasteiger partial charge in [0.15, 0.2) is 0 Å². The van der Waals surface area contributed by atoms with Gasteiger partial charge in [0, 0.05) is 22.3 Å². The van der Waals surface area contributed by atoms with Crippen molar-refractivity contribution in [2.75, 3.05) is 5.32 Å². The third kappa shape index (κ3) is 3.53. The second-order valence-electron chi connectivity index (χ2n) is 3.91. The van der Waals surface area contributed by atoms with Gasteiger partial charge in [0.05, 0.1) is 0 Å². The van der Waals surface area contributed by atoms with Gasteiger partial charge in [-0.3, -0.25) is 0 Å². The lowest BCUT2D eigenvalue weighted by molar-refractivity contribution is 0.151. The van der Waals surface area contributed by atoms with Crippen LogP contribution in [0, 0.1) is 0 Å². The number of rotatable bonds is 4. The van der Waals surface area contributed by atoms with Crippen molar-refractivity contribution in [3.63, 3.8) is 0 Å². The monoisotopic (exact) mass is 311 g/mol. The average Bonchev–Trinajstić information content (AvgIpc) is 2.38. The first-order valence-corrected chi connectivity index (χ1v) is 6.31. The molecule has 2 rings (SSSR count). The zero-order valence-corrected chi connectivity index (χ0v) is 11.1. The van der Waals surface area contributed by atoms with Crippen molar-refractivity contribution in [3.8, 4) is 0 Å². The molecule has 0 heterocycles. The Labute approximate surface area is 113 Å². The highest BCUT2D eigenvalue weighted by Crippen LogP contribution is 2.20. The van der Waals surface area contributed by atoms with E-state index in [2.05, 4.69) is 21.2 Å². The number of anilines is 1. The smallest absolute Gasteiger partial charge is 0.263 e. The Kier molecular flexibility index (Phi) is 4.31. The van der Waals surface area contributed by atoms with Crippen LogP contribution in [0.15, 0.2) is 53.0 Å². The third-order valence-corrected chi connectivity index (χ3v) is 3.07. The molecule has 0 saturated heterocycles. The molecule has 0 bridgehead atoms. The van der Waals surface area contributed by atoms with E-state index < -0.39 is 6.43 Å². The Morgan fingerprint density at radius 1 is 1.06 bits per heavy atom. The highest BCUT2D eigenvalue weighted by molar-refractivity contribution is 9.10. The van der Waals surface area contributed by atoms with Crippen LogP contribution in [0.4, 0.5) is 14.5 Å². The van der Waals surface area contributed by atoms with Gasteiger partial charge in [-0.1, -0.05) is 34.1 Å². The van der Waals surface area contributed by atoms with E-state index in [1.165, 1.54) is 12.1 Å². The highest BCUT2D eigenvalue weighted by Gasteiger charge is 2.06. The van der Waals surface area contributed by atoms with Crippen molar-refractivity contribution in [3.05, 3.63) is 64.1 Å². The van der Waals surface area contributed by atoms with E-state index in [1.54, 1.807) is 6.07 Å². The first-order chi connectivity index (χ1) is 8.65. The molecule has 94 valence electrons. The van der Waals surface area contributed by atoms with E-state index in [4.69, 9.17) is 0 Å². The minimum Gasteiger partial charge on any atom is -0.381 e. The van der Waals surface area contributed by atoms with E-state index in [1.807, 2.05) is 30.3 Å². The Bertz CT molecular complexity index is 511. The molecule has 1 nitrogen and oxygen atoms in total. The largest absolute Gasteiger partial charge is 0.381 e. The summed E-state index contributed by atoms with van der Waals surface area (Å²) in [4.78, 5) is 0. The summed E-state index contributed by atoms with van der Waals surface area (Å²) >= 11 is 3.36. The molecule has 18 heavy (non-hydrogen) atoms. The quantitative estimate of drug-likeness (QED) is 0.838. The molecule has 0 fully saturated rings. The molecule has 2 aromatic rings. The number of hydrogen-bond donors (Lipinski definition) is 1. The molecule has 0 spiro atoms. The van der Waals surface area contributed by atoms with Crippen LogP contribution in [0.25, 0.3) is 0 Å².